The summed E-state index contributed by atoms with van der Waals surface area (Å²) in [7, 11) is 3.81. The Morgan fingerprint density at radius 2 is 2.05 bits per heavy atom. The standard InChI is InChI=1S/C15H21F3N2/c1-19-9-13(11-7-8-20(2)10-11)12-5-3-4-6-14(12)15(16,17)18/h3-6,11,13,19H,7-10H2,1-2H3. The van der Waals surface area contributed by atoms with Gasteiger partial charge in [0.15, 0.2) is 0 Å². The van der Waals surface area contributed by atoms with Crippen molar-refractivity contribution in [2.75, 3.05) is 33.7 Å². The van der Waals surface area contributed by atoms with E-state index < -0.39 is 11.7 Å². The van der Waals surface area contributed by atoms with Gasteiger partial charge in [-0.05, 0) is 44.6 Å². The maximum absolute atomic E-state index is 13.2. The number of halogens is 3. The third kappa shape index (κ3) is 3.33. The van der Waals surface area contributed by atoms with E-state index in [0.29, 0.717) is 12.1 Å². The van der Waals surface area contributed by atoms with Gasteiger partial charge < -0.3 is 10.2 Å². The highest BCUT2D eigenvalue weighted by Crippen LogP contribution is 2.39. The molecule has 2 nitrogen and oxygen atoms in total. The van der Waals surface area contributed by atoms with Crippen molar-refractivity contribution in [3.63, 3.8) is 0 Å². The molecule has 1 aromatic carbocycles. The van der Waals surface area contributed by atoms with Crippen molar-refractivity contribution < 1.29 is 13.2 Å². The van der Waals surface area contributed by atoms with Crippen molar-refractivity contribution in [3.05, 3.63) is 35.4 Å². The first-order valence-corrected chi connectivity index (χ1v) is 6.92. The Morgan fingerprint density at radius 3 is 2.60 bits per heavy atom. The number of likely N-dealkylation sites (tertiary alicyclic amines) is 1. The maximum atomic E-state index is 13.2. The first-order valence-electron chi connectivity index (χ1n) is 6.92. The van der Waals surface area contributed by atoms with Crippen LogP contribution in [0.15, 0.2) is 24.3 Å². The second-order valence-electron chi connectivity index (χ2n) is 5.56. The zero-order valence-corrected chi connectivity index (χ0v) is 11.9. The number of rotatable bonds is 4. The van der Waals surface area contributed by atoms with E-state index in [9.17, 15) is 13.2 Å². The quantitative estimate of drug-likeness (QED) is 0.915. The van der Waals surface area contributed by atoms with E-state index in [1.165, 1.54) is 12.1 Å². The summed E-state index contributed by atoms with van der Waals surface area (Å²) < 4.78 is 39.5. The molecule has 0 spiro atoms. The predicted molar refractivity (Wildman–Crippen MR) is 73.7 cm³/mol. The molecule has 1 fully saturated rings. The highest BCUT2D eigenvalue weighted by atomic mass is 19.4. The van der Waals surface area contributed by atoms with Crippen LogP contribution in [0.3, 0.4) is 0 Å². The normalized spacial score (nSPS) is 22.1. The van der Waals surface area contributed by atoms with Crippen molar-refractivity contribution in [2.24, 2.45) is 5.92 Å². The number of benzene rings is 1. The van der Waals surface area contributed by atoms with Gasteiger partial charge >= 0.3 is 6.18 Å². The van der Waals surface area contributed by atoms with Crippen LogP contribution in [-0.4, -0.2) is 38.6 Å². The first-order chi connectivity index (χ1) is 9.43. The molecule has 112 valence electrons. The summed E-state index contributed by atoms with van der Waals surface area (Å²) >= 11 is 0. The average Bonchev–Trinajstić information content (AvgIpc) is 2.81. The van der Waals surface area contributed by atoms with Crippen LogP contribution in [0.5, 0.6) is 0 Å². The van der Waals surface area contributed by atoms with E-state index in [0.717, 1.165) is 19.5 Å². The van der Waals surface area contributed by atoms with Gasteiger partial charge in [0.25, 0.3) is 0 Å². The molecule has 0 aliphatic carbocycles. The van der Waals surface area contributed by atoms with Gasteiger partial charge in [-0.25, -0.2) is 0 Å². The summed E-state index contributed by atoms with van der Waals surface area (Å²) in [5.41, 5.74) is -0.0653. The monoisotopic (exact) mass is 286 g/mol. The maximum Gasteiger partial charge on any atom is 0.416 e. The molecule has 1 aliphatic rings. The van der Waals surface area contributed by atoms with E-state index in [-0.39, 0.29) is 11.8 Å². The van der Waals surface area contributed by atoms with E-state index >= 15 is 0 Å². The SMILES string of the molecule is CNCC(c1ccccc1C(F)(F)F)C1CCN(C)C1. The summed E-state index contributed by atoms with van der Waals surface area (Å²) in [4.78, 5) is 2.18. The number of nitrogens with zero attached hydrogens (tertiary/aromatic N) is 1. The topological polar surface area (TPSA) is 15.3 Å². The molecule has 1 aliphatic heterocycles. The minimum Gasteiger partial charge on any atom is -0.319 e. The molecular formula is C15H21F3N2. The largest absolute Gasteiger partial charge is 0.416 e. The van der Waals surface area contributed by atoms with Crippen LogP contribution in [0, 0.1) is 5.92 Å². The Balaban J connectivity index is 2.34. The smallest absolute Gasteiger partial charge is 0.319 e. The lowest BCUT2D eigenvalue weighted by molar-refractivity contribution is -0.138. The summed E-state index contributed by atoms with van der Waals surface area (Å²) in [6.07, 6.45) is -3.33. The average molecular weight is 286 g/mol. The summed E-state index contributed by atoms with van der Waals surface area (Å²) in [6, 6.07) is 5.98. The van der Waals surface area contributed by atoms with Crippen LogP contribution in [-0.2, 0) is 6.18 Å². The van der Waals surface area contributed by atoms with Crippen molar-refractivity contribution >= 4 is 0 Å². The number of nitrogens with one attached hydrogen (secondary N) is 1. The van der Waals surface area contributed by atoms with Gasteiger partial charge in [-0.2, -0.15) is 13.2 Å². The van der Waals surface area contributed by atoms with Crippen LogP contribution in [0.1, 0.15) is 23.5 Å². The minimum atomic E-state index is -4.28. The van der Waals surface area contributed by atoms with Gasteiger partial charge in [0.2, 0.25) is 0 Å². The van der Waals surface area contributed by atoms with Crippen LogP contribution < -0.4 is 5.32 Å². The lowest BCUT2D eigenvalue weighted by Crippen LogP contribution is -2.28. The third-order valence-electron chi connectivity index (χ3n) is 4.09. The van der Waals surface area contributed by atoms with E-state index in [1.54, 1.807) is 19.2 Å². The second-order valence-corrected chi connectivity index (χ2v) is 5.56. The number of alkyl halides is 3. The van der Waals surface area contributed by atoms with Crippen molar-refractivity contribution in [1.29, 1.82) is 0 Å². The third-order valence-corrected chi connectivity index (χ3v) is 4.09. The summed E-state index contributed by atoms with van der Waals surface area (Å²) in [6.45, 7) is 2.39. The zero-order chi connectivity index (χ0) is 14.8. The summed E-state index contributed by atoms with van der Waals surface area (Å²) in [5, 5.41) is 3.05. The number of hydrogen-bond acceptors (Lipinski definition) is 2. The molecule has 0 saturated carbocycles. The van der Waals surface area contributed by atoms with Gasteiger partial charge in [-0.3, -0.25) is 0 Å². The van der Waals surface area contributed by atoms with Crippen LogP contribution in [0.2, 0.25) is 0 Å². The Labute approximate surface area is 118 Å². The molecule has 0 radical (unpaired) electrons. The van der Waals surface area contributed by atoms with Gasteiger partial charge in [-0.15, -0.1) is 0 Å². The molecule has 0 aromatic heterocycles. The van der Waals surface area contributed by atoms with Crippen LogP contribution >= 0.6 is 0 Å². The lowest BCUT2D eigenvalue weighted by atomic mass is 9.82. The number of hydrogen-bond donors (Lipinski definition) is 1. The molecule has 0 amide bonds. The number of likely N-dealkylation sites (N-methyl/N-ethyl adjacent to an activating group) is 1. The van der Waals surface area contributed by atoms with Crippen molar-refractivity contribution in [1.82, 2.24) is 10.2 Å². The molecule has 5 heteroatoms. The van der Waals surface area contributed by atoms with E-state index in [1.807, 2.05) is 7.05 Å². The molecule has 0 bridgehead atoms. The molecule has 1 heterocycles. The molecule has 2 unspecified atom stereocenters. The minimum absolute atomic E-state index is 0.0947. The molecule has 1 aromatic rings. The Kier molecular flexibility index (Phi) is 4.70. The van der Waals surface area contributed by atoms with Crippen molar-refractivity contribution in [3.8, 4) is 0 Å². The first kappa shape index (κ1) is 15.3. The van der Waals surface area contributed by atoms with Crippen LogP contribution in [0.4, 0.5) is 13.2 Å². The van der Waals surface area contributed by atoms with Gasteiger partial charge in [0.1, 0.15) is 0 Å². The fraction of sp³-hybridized carbons (Fsp3) is 0.600. The fourth-order valence-corrected chi connectivity index (χ4v) is 3.13. The Bertz CT molecular complexity index is 445. The van der Waals surface area contributed by atoms with Gasteiger partial charge in [-0.1, -0.05) is 18.2 Å². The molecule has 20 heavy (non-hydrogen) atoms. The van der Waals surface area contributed by atoms with E-state index in [2.05, 4.69) is 10.2 Å². The predicted octanol–water partition coefficient (Wildman–Crippen LogP) is 2.96. The molecule has 2 rings (SSSR count). The molecular weight excluding hydrogens is 265 g/mol. The highest BCUT2D eigenvalue weighted by molar-refractivity contribution is 5.33. The fourth-order valence-electron chi connectivity index (χ4n) is 3.13. The van der Waals surface area contributed by atoms with Crippen molar-refractivity contribution in [2.45, 2.75) is 18.5 Å². The van der Waals surface area contributed by atoms with Crippen LogP contribution in [0.25, 0.3) is 0 Å². The molecule has 2 atom stereocenters. The molecule has 1 saturated heterocycles. The Morgan fingerprint density at radius 1 is 1.35 bits per heavy atom. The second kappa shape index (κ2) is 6.14. The van der Waals surface area contributed by atoms with Gasteiger partial charge in [0, 0.05) is 19.0 Å². The zero-order valence-electron chi connectivity index (χ0n) is 11.9. The van der Waals surface area contributed by atoms with E-state index in [4.69, 9.17) is 0 Å². The molecule has 1 N–H and O–H groups in total. The highest BCUT2D eigenvalue weighted by Gasteiger charge is 2.37. The Hall–Kier alpha value is -1.07. The summed E-state index contributed by atoms with van der Waals surface area (Å²) in [5.74, 6) is 0.179. The van der Waals surface area contributed by atoms with Gasteiger partial charge in [0.05, 0.1) is 5.56 Å². The lowest BCUT2D eigenvalue weighted by Gasteiger charge is -2.26.